The van der Waals surface area contributed by atoms with Crippen molar-refractivity contribution in [1.82, 2.24) is 0 Å². The molecule has 0 atom stereocenters. The van der Waals surface area contributed by atoms with Gasteiger partial charge in [-0.1, -0.05) is 6.07 Å². The lowest BCUT2D eigenvalue weighted by atomic mass is 10.1. The molecule has 0 aliphatic carbocycles. The molecule has 18 heavy (non-hydrogen) atoms. The monoisotopic (exact) mass is 317 g/mol. The number of nitrogens with two attached hydrogens (primary N) is 1. The lowest BCUT2D eigenvalue weighted by molar-refractivity contribution is 0.0543. The van der Waals surface area contributed by atoms with E-state index >= 15 is 0 Å². The van der Waals surface area contributed by atoms with Crippen LogP contribution < -0.4 is 10.5 Å². The quantitative estimate of drug-likeness (QED) is 0.708. The van der Waals surface area contributed by atoms with E-state index < -0.39 is 0 Å². The molecule has 2 N–H and O–H groups in total. The molecule has 0 spiro atoms. The van der Waals surface area contributed by atoms with Crippen molar-refractivity contribution in [3.8, 4) is 5.75 Å². The third-order valence-electron chi connectivity index (χ3n) is 2.35. The van der Waals surface area contributed by atoms with Crippen molar-refractivity contribution in [3.63, 3.8) is 0 Å². The van der Waals surface area contributed by atoms with Gasteiger partial charge in [0.1, 0.15) is 12.4 Å². The Labute approximate surface area is 117 Å². The lowest BCUT2D eigenvalue weighted by Gasteiger charge is -2.10. The first kappa shape index (κ1) is 15.4. The van der Waals surface area contributed by atoms with E-state index in [4.69, 9.17) is 19.9 Å². The van der Waals surface area contributed by atoms with Crippen LogP contribution in [0.1, 0.15) is 5.56 Å². The van der Waals surface area contributed by atoms with Crippen molar-refractivity contribution >= 4 is 15.9 Å². The second-order valence-electron chi connectivity index (χ2n) is 3.76. The van der Waals surface area contributed by atoms with E-state index in [-0.39, 0.29) is 0 Å². The summed E-state index contributed by atoms with van der Waals surface area (Å²) in [6, 6.07) is 6.01. The number of hydrogen-bond acceptors (Lipinski definition) is 4. The van der Waals surface area contributed by atoms with Crippen molar-refractivity contribution < 1.29 is 14.2 Å². The first-order valence-electron chi connectivity index (χ1n) is 5.96. The lowest BCUT2D eigenvalue weighted by Crippen LogP contribution is -2.10. The van der Waals surface area contributed by atoms with Crippen molar-refractivity contribution in [2.24, 2.45) is 5.73 Å². The molecule has 0 aromatic heterocycles. The average molecular weight is 318 g/mol. The molecule has 1 aromatic rings. The van der Waals surface area contributed by atoms with Gasteiger partial charge in [0.05, 0.1) is 24.3 Å². The largest absolute Gasteiger partial charge is 0.490 e. The van der Waals surface area contributed by atoms with Gasteiger partial charge in [0.2, 0.25) is 0 Å². The molecule has 0 amide bonds. The Kier molecular flexibility index (Phi) is 8.00. The van der Waals surface area contributed by atoms with Gasteiger partial charge in [-0.05, 0) is 46.6 Å². The van der Waals surface area contributed by atoms with Crippen molar-refractivity contribution in [2.75, 3.05) is 40.1 Å². The minimum atomic E-state index is 0.526. The first-order valence-corrected chi connectivity index (χ1v) is 6.75. The number of ether oxygens (including phenoxy) is 3. The Bertz CT molecular complexity index is 347. The number of rotatable bonds is 9. The normalized spacial score (nSPS) is 10.6. The fourth-order valence-corrected chi connectivity index (χ4v) is 1.98. The van der Waals surface area contributed by atoms with E-state index in [0.717, 1.165) is 16.6 Å². The average Bonchev–Trinajstić information content (AvgIpc) is 2.36. The molecule has 0 radical (unpaired) electrons. The standard InChI is InChI=1S/C13H20BrNO3/c1-16-6-7-17-8-9-18-13-3-2-11(4-5-15)10-12(13)14/h2-3,10H,4-9,15H2,1H3. The van der Waals surface area contributed by atoms with Gasteiger partial charge in [0.15, 0.2) is 0 Å². The zero-order chi connectivity index (χ0) is 13.2. The molecule has 1 aromatic carbocycles. The zero-order valence-electron chi connectivity index (χ0n) is 10.7. The Balaban J connectivity index is 2.29. The molecule has 0 fully saturated rings. The van der Waals surface area contributed by atoms with Crippen LogP contribution in [0.15, 0.2) is 22.7 Å². The molecule has 0 saturated carbocycles. The van der Waals surface area contributed by atoms with Gasteiger partial charge in [-0.15, -0.1) is 0 Å². The predicted molar refractivity (Wildman–Crippen MR) is 75.1 cm³/mol. The van der Waals surface area contributed by atoms with E-state index in [1.807, 2.05) is 18.2 Å². The first-order chi connectivity index (χ1) is 8.77. The summed E-state index contributed by atoms with van der Waals surface area (Å²) in [4.78, 5) is 0. The van der Waals surface area contributed by atoms with E-state index in [1.54, 1.807) is 7.11 Å². The summed E-state index contributed by atoms with van der Waals surface area (Å²) < 4.78 is 16.8. The molecule has 102 valence electrons. The summed E-state index contributed by atoms with van der Waals surface area (Å²) in [6.07, 6.45) is 0.874. The summed E-state index contributed by atoms with van der Waals surface area (Å²) in [7, 11) is 1.65. The Hall–Kier alpha value is -0.620. The highest BCUT2D eigenvalue weighted by atomic mass is 79.9. The fraction of sp³-hybridized carbons (Fsp3) is 0.538. The fourth-order valence-electron chi connectivity index (χ4n) is 1.44. The summed E-state index contributed by atoms with van der Waals surface area (Å²) in [6.45, 7) is 2.94. The van der Waals surface area contributed by atoms with Gasteiger partial charge >= 0.3 is 0 Å². The minimum absolute atomic E-state index is 0.526. The van der Waals surface area contributed by atoms with Crippen LogP contribution in [0, 0.1) is 0 Å². The molecular weight excluding hydrogens is 298 g/mol. The van der Waals surface area contributed by atoms with Crippen LogP contribution in [0.4, 0.5) is 0 Å². The van der Waals surface area contributed by atoms with Gasteiger partial charge in [-0.2, -0.15) is 0 Å². The van der Waals surface area contributed by atoms with Crippen LogP contribution in [0.3, 0.4) is 0 Å². The predicted octanol–water partition coefficient (Wildman–Crippen LogP) is 1.99. The molecule has 0 aliphatic heterocycles. The SMILES string of the molecule is COCCOCCOc1ccc(CCN)cc1Br. The second-order valence-corrected chi connectivity index (χ2v) is 4.61. The highest BCUT2D eigenvalue weighted by Gasteiger charge is 2.02. The molecule has 0 bridgehead atoms. The highest BCUT2D eigenvalue weighted by Crippen LogP contribution is 2.26. The summed E-state index contributed by atoms with van der Waals surface area (Å²) in [5.41, 5.74) is 6.72. The number of halogens is 1. The van der Waals surface area contributed by atoms with Gasteiger partial charge in [0.25, 0.3) is 0 Å². The van der Waals surface area contributed by atoms with E-state index in [0.29, 0.717) is 33.0 Å². The number of hydrogen-bond donors (Lipinski definition) is 1. The van der Waals surface area contributed by atoms with E-state index in [2.05, 4.69) is 15.9 Å². The van der Waals surface area contributed by atoms with Crippen molar-refractivity contribution in [2.45, 2.75) is 6.42 Å². The topological polar surface area (TPSA) is 53.7 Å². The van der Waals surface area contributed by atoms with Crippen molar-refractivity contribution in [3.05, 3.63) is 28.2 Å². The summed E-state index contributed by atoms with van der Waals surface area (Å²) >= 11 is 3.48. The maximum atomic E-state index is 5.61. The van der Waals surface area contributed by atoms with Crippen LogP contribution >= 0.6 is 15.9 Å². The Morgan fingerprint density at radius 1 is 1.17 bits per heavy atom. The highest BCUT2D eigenvalue weighted by molar-refractivity contribution is 9.10. The minimum Gasteiger partial charge on any atom is -0.490 e. The zero-order valence-corrected chi connectivity index (χ0v) is 12.2. The van der Waals surface area contributed by atoms with E-state index in [1.165, 1.54) is 5.56 Å². The number of methoxy groups -OCH3 is 1. The van der Waals surface area contributed by atoms with Crippen LogP contribution in [0.25, 0.3) is 0 Å². The molecule has 0 heterocycles. The van der Waals surface area contributed by atoms with Crippen LogP contribution in [0.5, 0.6) is 5.75 Å². The van der Waals surface area contributed by atoms with Crippen molar-refractivity contribution in [1.29, 1.82) is 0 Å². The third kappa shape index (κ3) is 5.82. The second kappa shape index (κ2) is 9.33. The third-order valence-corrected chi connectivity index (χ3v) is 2.97. The summed E-state index contributed by atoms with van der Waals surface area (Å²) in [5.74, 6) is 0.825. The molecule has 0 saturated heterocycles. The van der Waals surface area contributed by atoms with Crippen LogP contribution in [0.2, 0.25) is 0 Å². The van der Waals surface area contributed by atoms with Gasteiger partial charge in [-0.25, -0.2) is 0 Å². The summed E-state index contributed by atoms with van der Waals surface area (Å²) in [5, 5.41) is 0. The molecule has 0 unspecified atom stereocenters. The maximum absolute atomic E-state index is 5.61. The molecular formula is C13H20BrNO3. The van der Waals surface area contributed by atoms with Gasteiger partial charge in [-0.3, -0.25) is 0 Å². The number of benzene rings is 1. The Morgan fingerprint density at radius 3 is 2.61 bits per heavy atom. The maximum Gasteiger partial charge on any atom is 0.133 e. The van der Waals surface area contributed by atoms with Gasteiger partial charge < -0.3 is 19.9 Å². The van der Waals surface area contributed by atoms with Gasteiger partial charge in [0, 0.05) is 7.11 Å². The molecule has 0 aliphatic rings. The van der Waals surface area contributed by atoms with Crippen LogP contribution in [-0.2, 0) is 15.9 Å². The molecule has 1 rings (SSSR count). The molecule has 5 heteroatoms. The molecule has 4 nitrogen and oxygen atoms in total. The van der Waals surface area contributed by atoms with Crippen LogP contribution in [-0.4, -0.2) is 40.1 Å². The van der Waals surface area contributed by atoms with E-state index in [9.17, 15) is 0 Å². The Morgan fingerprint density at radius 2 is 1.94 bits per heavy atom. The smallest absolute Gasteiger partial charge is 0.133 e.